The van der Waals surface area contributed by atoms with E-state index in [1.54, 1.807) is 55.5 Å². The highest BCUT2D eigenvalue weighted by atomic mass is 32.2. The molecule has 0 unspecified atom stereocenters. The Kier molecular flexibility index (Phi) is 11.0. The molecule has 0 spiro atoms. The predicted octanol–water partition coefficient (Wildman–Crippen LogP) is 3.08. The lowest BCUT2D eigenvalue weighted by Gasteiger charge is -2.17. The lowest BCUT2D eigenvalue weighted by molar-refractivity contribution is -0.147. The first-order chi connectivity index (χ1) is 15.9. The first kappa shape index (κ1) is 25.9. The second kappa shape index (κ2) is 13.9. The molecule has 0 aliphatic rings. The maximum atomic E-state index is 12.5. The molecular formula is C24H28N2O6S. The van der Waals surface area contributed by atoms with Gasteiger partial charge in [-0.25, -0.2) is 4.79 Å². The minimum atomic E-state index is -0.885. The third-order valence-electron chi connectivity index (χ3n) is 4.50. The van der Waals surface area contributed by atoms with Gasteiger partial charge < -0.3 is 20.1 Å². The van der Waals surface area contributed by atoms with Crippen LogP contribution >= 0.6 is 11.8 Å². The zero-order chi connectivity index (χ0) is 24.1. The van der Waals surface area contributed by atoms with Crippen LogP contribution in [0.5, 0.6) is 5.75 Å². The first-order valence-electron chi connectivity index (χ1n) is 10.5. The van der Waals surface area contributed by atoms with E-state index < -0.39 is 24.5 Å². The molecule has 2 aromatic rings. The summed E-state index contributed by atoms with van der Waals surface area (Å²) in [6, 6.07) is 14.3. The first-order valence-corrected chi connectivity index (χ1v) is 11.9. The van der Waals surface area contributed by atoms with Crippen LogP contribution in [0.1, 0.15) is 30.1 Å². The number of rotatable bonds is 13. The molecule has 0 aliphatic heterocycles. The zero-order valence-electron chi connectivity index (χ0n) is 18.7. The molecule has 0 radical (unpaired) electrons. The average molecular weight is 473 g/mol. The van der Waals surface area contributed by atoms with Gasteiger partial charge in [0, 0.05) is 17.7 Å². The normalized spacial score (nSPS) is 11.2. The van der Waals surface area contributed by atoms with Crippen molar-refractivity contribution in [2.75, 3.05) is 30.5 Å². The largest absolute Gasteiger partial charge is 0.484 e. The number of ether oxygens (including phenoxy) is 2. The highest BCUT2D eigenvalue weighted by molar-refractivity contribution is 7.98. The summed E-state index contributed by atoms with van der Waals surface area (Å²) in [6.07, 6.45) is 2.60. The van der Waals surface area contributed by atoms with Crippen molar-refractivity contribution in [3.05, 3.63) is 60.2 Å². The highest BCUT2D eigenvalue weighted by Crippen LogP contribution is 2.12. The van der Waals surface area contributed by atoms with Crippen molar-refractivity contribution in [3.63, 3.8) is 0 Å². The number of ketones is 1. The molecule has 0 heterocycles. The molecule has 33 heavy (non-hydrogen) atoms. The van der Waals surface area contributed by atoms with Gasteiger partial charge in [-0.3, -0.25) is 14.4 Å². The summed E-state index contributed by atoms with van der Waals surface area (Å²) in [7, 11) is 0. The van der Waals surface area contributed by atoms with Crippen LogP contribution in [0.25, 0.3) is 0 Å². The minimum absolute atomic E-state index is 0.129. The zero-order valence-corrected chi connectivity index (χ0v) is 19.5. The van der Waals surface area contributed by atoms with Gasteiger partial charge in [-0.15, -0.1) is 0 Å². The molecule has 0 aliphatic carbocycles. The van der Waals surface area contributed by atoms with Crippen molar-refractivity contribution >= 4 is 41.0 Å². The van der Waals surface area contributed by atoms with E-state index in [1.165, 1.54) is 11.8 Å². The Balaban J connectivity index is 1.86. The van der Waals surface area contributed by atoms with Crippen LogP contribution in [0.3, 0.4) is 0 Å². The quantitative estimate of drug-likeness (QED) is 0.340. The van der Waals surface area contributed by atoms with Gasteiger partial charge in [0.05, 0.1) is 0 Å². The van der Waals surface area contributed by atoms with Gasteiger partial charge in [-0.05, 0) is 54.8 Å². The highest BCUT2D eigenvalue weighted by Gasteiger charge is 2.23. The molecule has 2 N–H and O–H groups in total. The van der Waals surface area contributed by atoms with E-state index in [1.807, 2.05) is 12.3 Å². The third-order valence-corrected chi connectivity index (χ3v) is 5.14. The summed E-state index contributed by atoms with van der Waals surface area (Å²) in [5.74, 6) is -0.495. The van der Waals surface area contributed by atoms with E-state index in [0.717, 1.165) is 0 Å². The SMILES string of the molecule is CCC(=O)Nc1ccc(C(=O)COC(=O)[C@H](CCSC)NC(=O)COc2ccccc2)cc1. The molecule has 1 atom stereocenters. The Morgan fingerprint density at radius 1 is 0.939 bits per heavy atom. The molecule has 8 nitrogen and oxygen atoms in total. The number of carbonyl (C=O) groups is 4. The van der Waals surface area contributed by atoms with Crippen LogP contribution < -0.4 is 15.4 Å². The number of hydrogen-bond acceptors (Lipinski definition) is 7. The van der Waals surface area contributed by atoms with Crippen molar-refractivity contribution in [3.8, 4) is 5.75 Å². The monoisotopic (exact) mass is 472 g/mol. The van der Waals surface area contributed by atoms with E-state index in [4.69, 9.17) is 9.47 Å². The number of esters is 1. The smallest absolute Gasteiger partial charge is 0.329 e. The molecule has 2 amide bonds. The molecule has 0 saturated heterocycles. The summed E-state index contributed by atoms with van der Waals surface area (Å²) < 4.78 is 10.6. The van der Waals surface area contributed by atoms with Gasteiger partial charge in [-0.1, -0.05) is 25.1 Å². The molecule has 2 aromatic carbocycles. The Morgan fingerprint density at radius 2 is 1.64 bits per heavy atom. The van der Waals surface area contributed by atoms with E-state index in [2.05, 4.69) is 10.6 Å². The number of nitrogens with one attached hydrogen (secondary N) is 2. The molecule has 9 heteroatoms. The van der Waals surface area contributed by atoms with Gasteiger partial charge in [0.25, 0.3) is 5.91 Å². The molecule has 0 bridgehead atoms. The van der Waals surface area contributed by atoms with Crippen LogP contribution in [0, 0.1) is 0 Å². The van der Waals surface area contributed by atoms with Crippen LogP contribution in [0.2, 0.25) is 0 Å². The summed E-state index contributed by atoms with van der Waals surface area (Å²) in [5, 5.41) is 5.31. The van der Waals surface area contributed by atoms with Crippen molar-refractivity contribution in [2.45, 2.75) is 25.8 Å². The molecule has 0 fully saturated rings. The topological polar surface area (TPSA) is 111 Å². The minimum Gasteiger partial charge on any atom is -0.484 e. The number of hydrogen-bond donors (Lipinski definition) is 2. The summed E-state index contributed by atoms with van der Waals surface area (Å²) in [4.78, 5) is 48.6. The van der Waals surface area contributed by atoms with Gasteiger partial charge in [-0.2, -0.15) is 11.8 Å². The van der Waals surface area contributed by atoms with Gasteiger partial charge >= 0.3 is 5.97 Å². The van der Waals surface area contributed by atoms with Crippen LogP contribution in [0.4, 0.5) is 5.69 Å². The van der Waals surface area contributed by atoms with Gasteiger partial charge in [0.1, 0.15) is 11.8 Å². The number of benzene rings is 2. The van der Waals surface area contributed by atoms with Gasteiger partial charge in [0.2, 0.25) is 5.91 Å². The number of para-hydroxylation sites is 1. The standard InChI is InChI=1S/C24H28N2O6S/c1-3-22(28)25-18-11-9-17(10-12-18)21(27)15-32-24(30)20(13-14-33-2)26-23(29)16-31-19-7-5-4-6-8-19/h4-12,20H,3,13-16H2,1-2H3,(H,25,28)(H,26,29)/t20-/m0/s1. The number of amides is 2. The maximum absolute atomic E-state index is 12.5. The Labute approximate surface area is 197 Å². The number of Topliss-reactive ketones (excluding diaryl/α,β-unsaturated/α-hetero) is 1. The van der Waals surface area contributed by atoms with Crippen molar-refractivity contribution in [2.24, 2.45) is 0 Å². The Hall–Kier alpha value is -3.33. The number of anilines is 1. The molecule has 0 saturated carbocycles. The predicted molar refractivity (Wildman–Crippen MR) is 128 cm³/mol. The van der Waals surface area contributed by atoms with Gasteiger partial charge in [0.15, 0.2) is 19.0 Å². The van der Waals surface area contributed by atoms with E-state index in [0.29, 0.717) is 35.6 Å². The fourth-order valence-electron chi connectivity index (χ4n) is 2.70. The van der Waals surface area contributed by atoms with Crippen molar-refractivity contribution < 1.29 is 28.7 Å². The van der Waals surface area contributed by atoms with Crippen molar-refractivity contribution in [1.29, 1.82) is 0 Å². The molecule has 0 aromatic heterocycles. The fraction of sp³-hybridized carbons (Fsp3) is 0.333. The lowest BCUT2D eigenvalue weighted by atomic mass is 10.1. The number of carbonyl (C=O) groups excluding carboxylic acids is 4. The fourth-order valence-corrected chi connectivity index (χ4v) is 3.17. The van der Waals surface area contributed by atoms with Crippen LogP contribution in [0.15, 0.2) is 54.6 Å². The van der Waals surface area contributed by atoms with Crippen LogP contribution in [-0.2, 0) is 19.1 Å². The lowest BCUT2D eigenvalue weighted by Crippen LogP contribution is -2.44. The molecular weight excluding hydrogens is 444 g/mol. The number of thioether (sulfide) groups is 1. The second-order valence-corrected chi connectivity index (χ2v) is 8.00. The Morgan fingerprint density at radius 3 is 2.27 bits per heavy atom. The van der Waals surface area contributed by atoms with E-state index >= 15 is 0 Å². The third kappa shape index (κ3) is 9.36. The summed E-state index contributed by atoms with van der Waals surface area (Å²) in [6.45, 7) is 1.05. The molecule has 176 valence electrons. The summed E-state index contributed by atoms with van der Waals surface area (Å²) in [5.41, 5.74) is 0.922. The maximum Gasteiger partial charge on any atom is 0.329 e. The average Bonchev–Trinajstić information content (AvgIpc) is 2.84. The Bertz CT molecular complexity index is 934. The van der Waals surface area contributed by atoms with Crippen molar-refractivity contribution in [1.82, 2.24) is 5.32 Å². The van der Waals surface area contributed by atoms with E-state index in [-0.39, 0.29) is 18.3 Å². The summed E-state index contributed by atoms with van der Waals surface area (Å²) >= 11 is 1.53. The van der Waals surface area contributed by atoms with Crippen LogP contribution in [-0.4, -0.2) is 54.8 Å². The van der Waals surface area contributed by atoms with E-state index in [9.17, 15) is 19.2 Å². The second-order valence-electron chi connectivity index (χ2n) is 7.01. The molecule has 2 rings (SSSR count).